The summed E-state index contributed by atoms with van der Waals surface area (Å²) in [6, 6.07) is 14.5. The monoisotopic (exact) mass is 296 g/mol. The van der Waals surface area contributed by atoms with Gasteiger partial charge in [-0.05, 0) is 24.6 Å². The summed E-state index contributed by atoms with van der Waals surface area (Å²) in [6.07, 6.45) is 0.0858. The molecule has 2 rings (SSSR count). The number of pyridine rings is 1. The zero-order valence-corrected chi connectivity index (χ0v) is 12.3. The molecular formula is C17H16N2O3. The zero-order valence-electron chi connectivity index (χ0n) is 12.3. The first-order valence-electron chi connectivity index (χ1n) is 7.02. The van der Waals surface area contributed by atoms with Crippen LogP contribution in [0.3, 0.4) is 0 Å². The molecule has 0 amide bonds. The van der Waals surface area contributed by atoms with E-state index in [1.54, 1.807) is 13.0 Å². The molecule has 1 heterocycles. The number of carbonyl (C=O) groups is 1. The molecule has 0 aliphatic rings. The van der Waals surface area contributed by atoms with Gasteiger partial charge in [0.15, 0.2) is 0 Å². The first-order chi connectivity index (χ1) is 10.7. The third-order valence-electron chi connectivity index (χ3n) is 3.21. The van der Waals surface area contributed by atoms with Crippen LogP contribution in [0.2, 0.25) is 0 Å². The normalized spacial score (nSPS) is 10.0. The van der Waals surface area contributed by atoms with Crippen molar-refractivity contribution in [2.75, 3.05) is 6.61 Å². The molecule has 0 radical (unpaired) electrons. The number of nitriles is 1. The Labute approximate surface area is 128 Å². The maximum atomic E-state index is 12.4. The Balaban J connectivity index is 2.42. The van der Waals surface area contributed by atoms with Crippen molar-refractivity contribution in [3.8, 4) is 17.3 Å². The molecule has 0 unspecified atom stereocenters. The number of hydrogen-bond acceptors (Lipinski definition) is 4. The molecule has 0 N–H and O–H groups in total. The summed E-state index contributed by atoms with van der Waals surface area (Å²) >= 11 is 0. The van der Waals surface area contributed by atoms with Gasteiger partial charge in [0, 0.05) is 6.54 Å². The highest BCUT2D eigenvalue weighted by atomic mass is 16.5. The van der Waals surface area contributed by atoms with Crippen LogP contribution < -0.4 is 5.56 Å². The summed E-state index contributed by atoms with van der Waals surface area (Å²) in [5, 5.41) is 9.01. The Morgan fingerprint density at radius 1 is 1.23 bits per heavy atom. The van der Waals surface area contributed by atoms with Crippen LogP contribution in [0.4, 0.5) is 0 Å². The SMILES string of the molecule is CCOC(=O)CCn1c(-c2ccccc2)ccc(C#N)c1=O. The first kappa shape index (κ1) is 15.5. The maximum Gasteiger partial charge on any atom is 0.307 e. The topological polar surface area (TPSA) is 72.1 Å². The van der Waals surface area contributed by atoms with Crippen LogP contribution in [0.25, 0.3) is 11.3 Å². The van der Waals surface area contributed by atoms with Gasteiger partial charge in [-0.15, -0.1) is 0 Å². The molecular weight excluding hydrogens is 280 g/mol. The van der Waals surface area contributed by atoms with E-state index in [2.05, 4.69) is 0 Å². The largest absolute Gasteiger partial charge is 0.466 e. The summed E-state index contributed by atoms with van der Waals surface area (Å²) < 4.78 is 6.34. The molecule has 0 bridgehead atoms. The van der Waals surface area contributed by atoms with Crippen LogP contribution in [-0.4, -0.2) is 17.1 Å². The molecule has 0 saturated carbocycles. The number of benzene rings is 1. The molecule has 5 heteroatoms. The van der Waals surface area contributed by atoms with Gasteiger partial charge in [-0.2, -0.15) is 5.26 Å². The Morgan fingerprint density at radius 3 is 2.59 bits per heavy atom. The average molecular weight is 296 g/mol. The Hall–Kier alpha value is -2.87. The molecule has 0 atom stereocenters. The van der Waals surface area contributed by atoms with E-state index in [4.69, 9.17) is 10.00 Å². The van der Waals surface area contributed by atoms with Crippen molar-refractivity contribution in [3.63, 3.8) is 0 Å². The highest BCUT2D eigenvalue weighted by molar-refractivity contribution is 5.69. The van der Waals surface area contributed by atoms with Gasteiger partial charge in [0.2, 0.25) is 0 Å². The minimum absolute atomic E-state index is 0.0588. The van der Waals surface area contributed by atoms with Gasteiger partial charge in [0.25, 0.3) is 5.56 Å². The minimum Gasteiger partial charge on any atom is -0.466 e. The lowest BCUT2D eigenvalue weighted by atomic mass is 10.1. The smallest absolute Gasteiger partial charge is 0.307 e. The Bertz CT molecular complexity index is 758. The van der Waals surface area contributed by atoms with Gasteiger partial charge in [-0.3, -0.25) is 9.59 Å². The number of hydrogen-bond donors (Lipinski definition) is 0. The van der Waals surface area contributed by atoms with Crippen LogP contribution in [0, 0.1) is 11.3 Å². The molecule has 0 aliphatic heterocycles. The van der Waals surface area contributed by atoms with Crippen LogP contribution in [0.1, 0.15) is 18.9 Å². The van der Waals surface area contributed by atoms with Crippen molar-refractivity contribution < 1.29 is 9.53 Å². The second-order valence-corrected chi connectivity index (χ2v) is 4.62. The van der Waals surface area contributed by atoms with Crippen molar-refractivity contribution >= 4 is 5.97 Å². The van der Waals surface area contributed by atoms with Crippen molar-refractivity contribution in [1.29, 1.82) is 5.26 Å². The molecule has 5 nitrogen and oxygen atoms in total. The third-order valence-corrected chi connectivity index (χ3v) is 3.21. The number of esters is 1. The lowest BCUT2D eigenvalue weighted by Crippen LogP contribution is -2.25. The lowest BCUT2D eigenvalue weighted by molar-refractivity contribution is -0.143. The average Bonchev–Trinajstić information content (AvgIpc) is 2.54. The van der Waals surface area contributed by atoms with E-state index >= 15 is 0 Å². The first-order valence-corrected chi connectivity index (χ1v) is 7.02. The van der Waals surface area contributed by atoms with E-state index in [0.717, 1.165) is 5.56 Å². The highest BCUT2D eigenvalue weighted by Gasteiger charge is 2.12. The number of ether oxygens (including phenoxy) is 1. The van der Waals surface area contributed by atoms with Gasteiger partial charge in [-0.25, -0.2) is 0 Å². The van der Waals surface area contributed by atoms with Crippen molar-refractivity contribution in [3.05, 3.63) is 58.4 Å². The number of carbonyl (C=O) groups excluding carboxylic acids is 1. The summed E-state index contributed by atoms with van der Waals surface area (Å²) in [5.74, 6) is -0.365. The second kappa shape index (κ2) is 7.23. The lowest BCUT2D eigenvalue weighted by Gasteiger charge is -2.13. The molecule has 22 heavy (non-hydrogen) atoms. The van der Waals surface area contributed by atoms with Crippen LogP contribution >= 0.6 is 0 Å². The van der Waals surface area contributed by atoms with E-state index in [9.17, 15) is 9.59 Å². The summed E-state index contributed by atoms with van der Waals surface area (Å²) in [7, 11) is 0. The molecule has 1 aromatic heterocycles. The van der Waals surface area contributed by atoms with E-state index < -0.39 is 5.56 Å². The van der Waals surface area contributed by atoms with Crippen molar-refractivity contribution in [2.24, 2.45) is 0 Å². The summed E-state index contributed by atoms with van der Waals surface area (Å²) in [4.78, 5) is 23.9. The second-order valence-electron chi connectivity index (χ2n) is 4.62. The number of aromatic nitrogens is 1. The fraction of sp³-hybridized carbons (Fsp3) is 0.235. The van der Waals surface area contributed by atoms with E-state index in [0.29, 0.717) is 12.3 Å². The summed E-state index contributed by atoms with van der Waals surface area (Å²) in [5.41, 5.74) is 1.19. The molecule has 1 aromatic carbocycles. The maximum absolute atomic E-state index is 12.4. The fourth-order valence-corrected chi connectivity index (χ4v) is 2.18. The number of rotatable bonds is 5. The van der Waals surface area contributed by atoms with Gasteiger partial charge in [-0.1, -0.05) is 30.3 Å². The van der Waals surface area contributed by atoms with Crippen LogP contribution in [0.5, 0.6) is 0 Å². The Kier molecular flexibility index (Phi) is 5.10. The zero-order chi connectivity index (χ0) is 15.9. The number of nitrogens with zero attached hydrogens (tertiary/aromatic N) is 2. The van der Waals surface area contributed by atoms with Gasteiger partial charge in [0.05, 0.1) is 18.7 Å². The Morgan fingerprint density at radius 2 is 1.95 bits per heavy atom. The van der Waals surface area contributed by atoms with Crippen molar-refractivity contribution in [2.45, 2.75) is 19.9 Å². The van der Waals surface area contributed by atoms with Crippen molar-refractivity contribution in [1.82, 2.24) is 4.57 Å². The van der Waals surface area contributed by atoms with Crippen LogP contribution in [-0.2, 0) is 16.1 Å². The standard InChI is InChI=1S/C17H16N2O3/c1-2-22-16(20)10-11-19-15(13-6-4-3-5-7-13)9-8-14(12-18)17(19)21/h3-9H,2,10-11H2,1H3. The molecule has 0 aliphatic carbocycles. The quantitative estimate of drug-likeness (QED) is 0.794. The predicted molar refractivity (Wildman–Crippen MR) is 82.1 cm³/mol. The fourth-order valence-electron chi connectivity index (χ4n) is 2.18. The van der Waals surface area contributed by atoms with E-state index in [-0.39, 0.29) is 24.5 Å². The molecule has 112 valence electrons. The van der Waals surface area contributed by atoms with E-state index in [1.165, 1.54) is 10.6 Å². The summed E-state index contributed by atoms with van der Waals surface area (Å²) in [6.45, 7) is 2.21. The van der Waals surface area contributed by atoms with E-state index in [1.807, 2.05) is 36.4 Å². The third kappa shape index (κ3) is 3.41. The molecule has 2 aromatic rings. The minimum atomic E-state index is -0.395. The predicted octanol–water partition coefficient (Wildman–Crippen LogP) is 2.34. The molecule has 0 spiro atoms. The van der Waals surface area contributed by atoms with Gasteiger partial charge in [0.1, 0.15) is 11.6 Å². The molecule has 0 saturated heterocycles. The van der Waals surface area contributed by atoms with Crippen LogP contribution in [0.15, 0.2) is 47.3 Å². The highest BCUT2D eigenvalue weighted by Crippen LogP contribution is 2.18. The van der Waals surface area contributed by atoms with Gasteiger partial charge >= 0.3 is 5.97 Å². The van der Waals surface area contributed by atoms with Gasteiger partial charge < -0.3 is 9.30 Å². The molecule has 0 fully saturated rings.